The van der Waals surface area contributed by atoms with Crippen molar-refractivity contribution in [1.29, 1.82) is 0 Å². The normalized spacial score (nSPS) is 32.1. The highest BCUT2D eigenvalue weighted by atomic mass is 16.4. The van der Waals surface area contributed by atoms with E-state index >= 15 is 0 Å². The van der Waals surface area contributed by atoms with Crippen LogP contribution in [0.25, 0.3) is 0 Å². The maximum absolute atomic E-state index is 12.0. The van der Waals surface area contributed by atoms with Gasteiger partial charge in [0.05, 0.1) is 6.04 Å². The van der Waals surface area contributed by atoms with E-state index in [2.05, 4.69) is 0 Å². The number of hydrogen-bond donors (Lipinski definition) is 2. The molecule has 2 rings (SSSR count). The van der Waals surface area contributed by atoms with Crippen LogP contribution in [0.2, 0.25) is 0 Å². The standard InChI is InChI=1S/C10H17N3O3/c11-7-3-1-5-12-6-2-4-8(10(15)16)13(12)9(7)14/h7-8H,1-6,11H2,(H,15,16)/t7-,8-/m0/s1. The second-order valence-corrected chi connectivity index (χ2v) is 4.38. The van der Waals surface area contributed by atoms with E-state index in [4.69, 9.17) is 10.8 Å². The minimum absolute atomic E-state index is 0.246. The van der Waals surface area contributed by atoms with E-state index in [1.807, 2.05) is 5.01 Å². The second kappa shape index (κ2) is 4.39. The molecule has 0 unspecified atom stereocenters. The maximum Gasteiger partial charge on any atom is 0.328 e. The van der Waals surface area contributed by atoms with Gasteiger partial charge in [-0.2, -0.15) is 0 Å². The molecule has 6 heteroatoms. The number of carboxylic acids is 1. The Kier molecular flexibility index (Phi) is 3.11. The first-order valence-corrected chi connectivity index (χ1v) is 5.67. The Labute approximate surface area is 94.0 Å². The van der Waals surface area contributed by atoms with Gasteiger partial charge in [-0.3, -0.25) is 9.80 Å². The van der Waals surface area contributed by atoms with Crippen LogP contribution in [0, 0.1) is 0 Å². The average molecular weight is 227 g/mol. The van der Waals surface area contributed by atoms with Crippen LogP contribution in [0.4, 0.5) is 0 Å². The minimum Gasteiger partial charge on any atom is -0.480 e. The zero-order valence-electron chi connectivity index (χ0n) is 9.13. The van der Waals surface area contributed by atoms with Gasteiger partial charge >= 0.3 is 5.97 Å². The SMILES string of the molecule is N[C@H]1CCCN2CCC[C@@H](C(=O)O)N2C1=O. The van der Waals surface area contributed by atoms with Gasteiger partial charge in [-0.25, -0.2) is 9.80 Å². The van der Waals surface area contributed by atoms with Crippen LogP contribution in [0.3, 0.4) is 0 Å². The average Bonchev–Trinajstić information content (AvgIpc) is 2.40. The van der Waals surface area contributed by atoms with Crippen LogP contribution in [0.1, 0.15) is 25.7 Å². The zero-order valence-corrected chi connectivity index (χ0v) is 9.13. The summed E-state index contributed by atoms with van der Waals surface area (Å²) in [5.41, 5.74) is 5.74. The van der Waals surface area contributed by atoms with Crippen LogP contribution >= 0.6 is 0 Å². The maximum atomic E-state index is 12.0. The molecule has 2 fully saturated rings. The third-order valence-corrected chi connectivity index (χ3v) is 3.25. The van der Waals surface area contributed by atoms with Crippen molar-refractivity contribution in [2.24, 2.45) is 5.73 Å². The van der Waals surface area contributed by atoms with Crippen molar-refractivity contribution in [3.8, 4) is 0 Å². The molecule has 0 aliphatic carbocycles. The Hall–Kier alpha value is -1.14. The van der Waals surface area contributed by atoms with E-state index in [1.54, 1.807) is 0 Å². The zero-order chi connectivity index (χ0) is 11.7. The Morgan fingerprint density at radius 3 is 2.56 bits per heavy atom. The first-order valence-electron chi connectivity index (χ1n) is 5.67. The number of carbonyl (C=O) groups excluding carboxylic acids is 1. The van der Waals surface area contributed by atoms with E-state index in [0.29, 0.717) is 12.8 Å². The van der Waals surface area contributed by atoms with Gasteiger partial charge in [0.1, 0.15) is 6.04 Å². The lowest BCUT2D eigenvalue weighted by Gasteiger charge is -2.41. The summed E-state index contributed by atoms with van der Waals surface area (Å²) in [7, 11) is 0. The molecule has 2 saturated heterocycles. The molecule has 90 valence electrons. The molecule has 2 aliphatic rings. The van der Waals surface area contributed by atoms with Crippen LogP contribution < -0.4 is 5.73 Å². The predicted molar refractivity (Wildman–Crippen MR) is 56.3 cm³/mol. The van der Waals surface area contributed by atoms with Crippen LogP contribution in [-0.2, 0) is 9.59 Å². The van der Waals surface area contributed by atoms with E-state index < -0.39 is 18.1 Å². The first kappa shape index (κ1) is 11.3. The van der Waals surface area contributed by atoms with Crippen molar-refractivity contribution < 1.29 is 14.7 Å². The first-order chi connectivity index (χ1) is 7.61. The Balaban J connectivity index is 2.25. The molecule has 0 aromatic carbocycles. The third-order valence-electron chi connectivity index (χ3n) is 3.25. The van der Waals surface area contributed by atoms with Gasteiger partial charge in [-0.05, 0) is 25.7 Å². The second-order valence-electron chi connectivity index (χ2n) is 4.38. The monoisotopic (exact) mass is 227 g/mol. The fourth-order valence-corrected chi connectivity index (χ4v) is 2.42. The Morgan fingerprint density at radius 1 is 1.31 bits per heavy atom. The number of nitrogens with zero attached hydrogens (tertiary/aromatic N) is 2. The van der Waals surface area contributed by atoms with E-state index in [9.17, 15) is 9.59 Å². The summed E-state index contributed by atoms with van der Waals surface area (Å²) in [5, 5.41) is 12.3. The summed E-state index contributed by atoms with van der Waals surface area (Å²) in [4.78, 5) is 23.1. The number of amides is 1. The summed E-state index contributed by atoms with van der Waals surface area (Å²) < 4.78 is 0. The molecule has 2 atom stereocenters. The molecular formula is C10H17N3O3. The quantitative estimate of drug-likeness (QED) is 0.624. The number of hydrazine groups is 1. The van der Waals surface area contributed by atoms with Crippen molar-refractivity contribution in [2.45, 2.75) is 37.8 Å². The lowest BCUT2D eigenvalue weighted by atomic mass is 10.1. The molecule has 6 nitrogen and oxygen atoms in total. The number of carboxylic acid groups (broad SMARTS) is 1. The third kappa shape index (κ3) is 1.90. The fourth-order valence-electron chi connectivity index (χ4n) is 2.42. The van der Waals surface area contributed by atoms with Gasteiger partial charge < -0.3 is 10.8 Å². The molecule has 0 bridgehead atoms. The molecule has 0 radical (unpaired) electrons. The largest absolute Gasteiger partial charge is 0.480 e. The summed E-state index contributed by atoms with van der Waals surface area (Å²) in [5.74, 6) is -1.18. The van der Waals surface area contributed by atoms with E-state index in [0.717, 1.165) is 25.9 Å². The highest BCUT2D eigenvalue weighted by molar-refractivity contribution is 5.86. The van der Waals surface area contributed by atoms with Gasteiger partial charge in [-0.1, -0.05) is 0 Å². The highest BCUT2D eigenvalue weighted by Crippen LogP contribution is 2.23. The van der Waals surface area contributed by atoms with Gasteiger partial charge in [0.25, 0.3) is 5.91 Å². The number of fused-ring (bicyclic) bond motifs is 1. The number of carbonyl (C=O) groups is 2. The number of hydrogen-bond acceptors (Lipinski definition) is 4. The molecular weight excluding hydrogens is 210 g/mol. The number of aliphatic carboxylic acids is 1. The fraction of sp³-hybridized carbons (Fsp3) is 0.800. The molecule has 0 spiro atoms. The molecule has 0 saturated carbocycles. The molecule has 0 aromatic heterocycles. The van der Waals surface area contributed by atoms with Crippen molar-refractivity contribution in [3.05, 3.63) is 0 Å². The molecule has 0 aromatic rings. The lowest BCUT2D eigenvalue weighted by molar-refractivity contribution is -0.173. The number of rotatable bonds is 1. The summed E-state index contributed by atoms with van der Waals surface area (Å²) in [6.07, 6.45) is 2.81. The van der Waals surface area contributed by atoms with Gasteiger partial charge in [0.2, 0.25) is 0 Å². The van der Waals surface area contributed by atoms with Gasteiger partial charge in [-0.15, -0.1) is 0 Å². The molecule has 3 N–H and O–H groups in total. The predicted octanol–water partition coefficient (Wildman–Crippen LogP) is -0.600. The Morgan fingerprint density at radius 2 is 1.94 bits per heavy atom. The van der Waals surface area contributed by atoms with Crippen molar-refractivity contribution in [3.63, 3.8) is 0 Å². The van der Waals surface area contributed by atoms with E-state index in [1.165, 1.54) is 5.01 Å². The molecule has 2 heterocycles. The van der Waals surface area contributed by atoms with Crippen molar-refractivity contribution in [1.82, 2.24) is 10.0 Å². The minimum atomic E-state index is -0.938. The lowest BCUT2D eigenvalue weighted by Crippen LogP contribution is -2.60. The Bertz CT molecular complexity index is 308. The van der Waals surface area contributed by atoms with Crippen LogP contribution in [0.15, 0.2) is 0 Å². The summed E-state index contributed by atoms with van der Waals surface area (Å²) in [6.45, 7) is 1.48. The molecule has 16 heavy (non-hydrogen) atoms. The smallest absolute Gasteiger partial charge is 0.328 e. The topological polar surface area (TPSA) is 86.9 Å². The van der Waals surface area contributed by atoms with Gasteiger partial charge in [0, 0.05) is 13.1 Å². The molecule has 1 amide bonds. The van der Waals surface area contributed by atoms with Crippen molar-refractivity contribution >= 4 is 11.9 Å². The van der Waals surface area contributed by atoms with E-state index in [-0.39, 0.29) is 5.91 Å². The van der Waals surface area contributed by atoms with Crippen LogP contribution in [0.5, 0.6) is 0 Å². The van der Waals surface area contributed by atoms with Crippen molar-refractivity contribution in [2.75, 3.05) is 13.1 Å². The van der Waals surface area contributed by atoms with Crippen LogP contribution in [-0.4, -0.2) is 52.2 Å². The van der Waals surface area contributed by atoms with Gasteiger partial charge in [0.15, 0.2) is 0 Å². The summed E-state index contributed by atoms with van der Waals surface area (Å²) in [6, 6.07) is -1.28. The summed E-state index contributed by atoms with van der Waals surface area (Å²) >= 11 is 0. The number of nitrogens with two attached hydrogens (primary N) is 1. The highest BCUT2D eigenvalue weighted by Gasteiger charge is 2.40. The molecule has 2 aliphatic heterocycles.